The third-order valence-corrected chi connectivity index (χ3v) is 4.18. The molecule has 0 aliphatic carbocycles. The molecule has 21 heavy (non-hydrogen) atoms. The highest BCUT2D eigenvalue weighted by Gasteiger charge is 2.08. The average molecular weight is 319 g/mol. The van der Waals surface area contributed by atoms with Crippen molar-refractivity contribution in [1.29, 1.82) is 0 Å². The zero-order valence-electron chi connectivity index (χ0n) is 11.1. The number of hydrogen-bond donors (Lipinski definition) is 1. The number of carbonyl (C=O) groups is 1. The Balaban J connectivity index is 1.77. The number of aromatic nitrogens is 1. The Labute approximate surface area is 130 Å². The van der Waals surface area contributed by atoms with Gasteiger partial charge in [-0.15, -0.1) is 0 Å². The van der Waals surface area contributed by atoms with Crippen LogP contribution in [0.15, 0.2) is 41.0 Å². The minimum Gasteiger partial charge on any atom is -0.465 e. The summed E-state index contributed by atoms with van der Waals surface area (Å²) in [6, 6.07) is 7.30. The molecule has 0 fully saturated rings. The van der Waals surface area contributed by atoms with Gasteiger partial charge < -0.3 is 4.42 Å². The molecule has 6 heteroatoms. The molecule has 0 aliphatic rings. The Kier molecular flexibility index (Phi) is 3.77. The van der Waals surface area contributed by atoms with E-state index in [9.17, 15) is 4.79 Å². The number of amides is 1. The third-order valence-electron chi connectivity index (χ3n) is 2.84. The molecule has 0 atom stereocenters. The third kappa shape index (κ3) is 3.15. The lowest BCUT2D eigenvalue weighted by molar-refractivity contribution is -0.111. The number of nitrogens with one attached hydrogen (secondary N) is 1. The largest absolute Gasteiger partial charge is 0.465 e. The van der Waals surface area contributed by atoms with Crippen LogP contribution >= 0.6 is 22.9 Å². The molecule has 0 radical (unpaired) electrons. The van der Waals surface area contributed by atoms with Gasteiger partial charge in [-0.25, -0.2) is 4.98 Å². The normalized spacial score (nSPS) is 11.3. The summed E-state index contributed by atoms with van der Waals surface area (Å²) in [7, 11) is 0. The Hall–Kier alpha value is -2.11. The molecule has 1 N–H and O–H groups in total. The fourth-order valence-electron chi connectivity index (χ4n) is 1.79. The van der Waals surface area contributed by atoms with Crippen molar-refractivity contribution in [1.82, 2.24) is 4.98 Å². The van der Waals surface area contributed by atoms with Gasteiger partial charge in [-0.2, -0.15) is 0 Å². The van der Waals surface area contributed by atoms with Crippen molar-refractivity contribution < 1.29 is 9.21 Å². The molecule has 1 amide bonds. The number of furan rings is 1. The number of benzene rings is 1. The number of rotatable bonds is 3. The Morgan fingerprint density at radius 3 is 3.10 bits per heavy atom. The van der Waals surface area contributed by atoms with E-state index in [1.165, 1.54) is 17.4 Å². The highest BCUT2D eigenvalue weighted by molar-refractivity contribution is 7.22. The van der Waals surface area contributed by atoms with Crippen LogP contribution in [0.3, 0.4) is 0 Å². The summed E-state index contributed by atoms with van der Waals surface area (Å²) < 4.78 is 6.10. The summed E-state index contributed by atoms with van der Waals surface area (Å²) in [5.41, 5.74) is 1.77. The van der Waals surface area contributed by atoms with Crippen LogP contribution in [0.1, 0.15) is 11.3 Å². The van der Waals surface area contributed by atoms with Gasteiger partial charge in [-0.3, -0.25) is 10.1 Å². The van der Waals surface area contributed by atoms with E-state index in [2.05, 4.69) is 10.3 Å². The van der Waals surface area contributed by atoms with Gasteiger partial charge in [-0.05, 0) is 42.8 Å². The molecule has 0 spiro atoms. The van der Waals surface area contributed by atoms with Crippen molar-refractivity contribution >= 4 is 50.3 Å². The molecule has 0 bridgehead atoms. The zero-order chi connectivity index (χ0) is 14.8. The van der Waals surface area contributed by atoms with E-state index in [0.717, 1.165) is 15.8 Å². The first-order chi connectivity index (χ1) is 10.1. The van der Waals surface area contributed by atoms with Crippen molar-refractivity contribution in [3.05, 3.63) is 53.0 Å². The Morgan fingerprint density at radius 1 is 1.48 bits per heavy atom. The predicted octanol–water partition coefficient (Wildman–Crippen LogP) is 4.50. The summed E-state index contributed by atoms with van der Waals surface area (Å²) >= 11 is 7.48. The number of fused-ring (bicyclic) bond motifs is 1. The van der Waals surface area contributed by atoms with E-state index >= 15 is 0 Å². The van der Waals surface area contributed by atoms with E-state index in [1.54, 1.807) is 30.5 Å². The molecule has 3 rings (SSSR count). The lowest BCUT2D eigenvalue weighted by Crippen LogP contribution is -2.07. The SMILES string of the molecule is Cc1cc2sc(NC(=O)/C=C/c3ccco3)nc2cc1Cl. The van der Waals surface area contributed by atoms with Crippen LogP contribution in [-0.4, -0.2) is 10.9 Å². The maximum Gasteiger partial charge on any atom is 0.250 e. The molecular weight excluding hydrogens is 308 g/mol. The summed E-state index contributed by atoms with van der Waals surface area (Å²) in [5, 5.41) is 3.94. The number of halogens is 1. The Morgan fingerprint density at radius 2 is 2.33 bits per heavy atom. The van der Waals surface area contributed by atoms with Crippen LogP contribution in [-0.2, 0) is 4.79 Å². The van der Waals surface area contributed by atoms with Gasteiger partial charge in [0.15, 0.2) is 5.13 Å². The van der Waals surface area contributed by atoms with Crippen molar-refractivity contribution in [3.8, 4) is 0 Å². The maximum atomic E-state index is 11.8. The zero-order valence-corrected chi connectivity index (χ0v) is 12.7. The fraction of sp³-hybridized carbons (Fsp3) is 0.0667. The van der Waals surface area contributed by atoms with Crippen molar-refractivity contribution in [2.24, 2.45) is 0 Å². The number of anilines is 1. The molecule has 1 aromatic carbocycles. The topological polar surface area (TPSA) is 55.1 Å². The molecule has 2 aromatic heterocycles. The second-order valence-electron chi connectivity index (χ2n) is 4.43. The van der Waals surface area contributed by atoms with Crippen LogP contribution in [0.2, 0.25) is 5.02 Å². The second kappa shape index (κ2) is 5.71. The first-order valence-corrected chi connectivity index (χ1v) is 7.40. The quantitative estimate of drug-likeness (QED) is 0.723. The highest BCUT2D eigenvalue weighted by atomic mass is 35.5. The number of carbonyl (C=O) groups excluding carboxylic acids is 1. The standard InChI is InChI=1S/C15H11ClN2O2S/c1-9-7-13-12(8-11(9)16)17-15(21-13)18-14(19)5-4-10-3-2-6-20-10/h2-8H,1H3,(H,17,18,19)/b5-4+. The average Bonchev–Trinajstić information content (AvgIpc) is 3.06. The predicted molar refractivity (Wildman–Crippen MR) is 85.7 cm³/mol. The van der Waals surface area contributed by atoms with Crippen LogP contribution in [0.5, 0.6) is 0 Å². The number of aryl methyl sites for hydroxylation is 1. The number of thiazole rings is 1. The minimum atomic E-state index is -0.256. The van der Waals surface area contributed by atoms with E-state index in [0.29, 0.717) is 15.9 Å². The maximum absolute atomic E-state index is 11.8. The molecular formula is C15H11ClN2O2S. The van der Waals surface area contributed by atoms with Gasteiger partial charge in [0.05, 0.1) is 16.5 Å². The summed E-state index contributed by atoms with van der Waals surface area (Å²) in [4.78, 5) is 16.2. The first-order valence-electron chi connectivity index (χ1n) is 6.21. The first kappa shape index (κ1) is 13.9. The van der Waals surface area contributed by atoms with Gasteiger partial charge in [0.2, 0.25) is 5.91 Å². The molecule has 0 aliphatic heterocycles. The van der Waals surface area contributed by atoms with Crippen LogP contribution in [0.25, 0.3) is 16.3 Å². The minimum absolute atomic E-state index is 0.256. The van der Waals surface area contributed by atoms with Crippen molar-refractivity contribution in [3.63, 3.8) is 0 Å². The molecule has 106 valence electrons. The summed E-state index contributed by atoms with van der Waals surface area (Å²) in [6.45, 7) is 1.94. The summed E-state index contributed by atoms with van der Waals surface area (Å²) in [6.07, 6.45) is 4.56. The van der Waals surface area contributed by atoms with Crippen LogP contribution in [0.4, 0.5) is 5.13 Å². The molecule has 0 unspecified atom stereocenters. The molecule has 2 heterocycles. The summed E-state index contributed by atoms with van der Waals surface area (Å²) in [5.74, 6) is 0.366. The Bertz CT molecular complexity index is 783. The van der Waals surface area contributed by atoms with Gasteiger partial charge in [-0.1, -0.05) is 22.9 Å². The number of nitrogens with zero attached hydrogens (tertiary/aromatic N) is 1. The fourth-order valence-corrected chi connectivity index (χ4v) is 2.90. The van der Waals surface area contributed by atoms with Crippen LogP contribution in [0, 0.1) is 6.92 Å². The lowest BCUT2D eigenvalue weighted by Gasteiger charge is -1.94. The lowest BCUT2D eigenvalue weighted by atomic mass is 10.2. The molecule has 0 saturated carbocycles. The van der Waals surface area contributed by atoms with Gasteiger partial charge >= 0.3 is 0 Å². The smallest absolute Gasteiger partial charge is 0.250 e. The molecule has 3 aromatic rings. The van der Waals surface area contributed by atoms with E-state index < -0.39 is 0 Å². The van der Waals surface area contributed by atoms with Gasteiger partial charge in [0.1, 0.15) is 5.76 Å². The highest BCUT2D eigenvalue weighted by Crippen LogP contribution is 2.30. The van der Waals surface area contributed by atoms with Gasteiger partial charge in [0.25, 0.3) is 0 Å². The molecule has 0 saturated heterocycles. The monoisotopic (exact) mass is 318 g/mol. The van der Waals surface area contributed by atoms with E-state index in [4.69, 9.17) is 16.0 Å². The second-order valence-corrected chi connectivity index (χ2v) is 5.86. The van der Waals surface area contributed by atoms with Crippen LogP contribution < -0.4 is 5.32 Å². The van der Waals surface area contributed by atoms with Crippen molar-refractivity contribution in [2.75, 3.05) is 5.32 Å². The molecule has 4 nitrogen and oxygen atoms in total. The number of hydrogen-bond acceptors (Lipinski definition) is 4. The van der Waals surface area contributed by atoms with Gasteiger partial charge in [0, 0.05) is 11.1 Å². The van der Waals surface area contributed by atoms with Crippen molar-refractivity contribution in [2.45, 2.75) is 6.92 Å². The van der Waals surface area contributed by atoms with E-state index in [-0.39, 0.29) is 5.91 Å². The van der Waals surface area contributed by atoms with E-state index in [1.807, 2.05) is 13.0 Å².